The zero-order valence-electron chi connectivity index (χ0n) is 14.7. The molecular formula is C21H29NO. The highest BCUT2D eigenvalue weighted by Crippen LogP contribution is 2.22. The first kappa shape index (κ1) is 17.6. The van der Waals surface area contributed by atoms with Gasteiger partial charge in [-0.2, -0.15) is 0 Å². The van der Waals surface area contributed by atoms with Crippen LogP contribution in [0, 0.1) is 0 Å². The maximum absolute atomic E-state index is 5.85. The Morgan fingerprint density at radius 2 is 1.57 bits per heavy atom. The van der Waals surface area contributed by atoms with Gasteiger partial charge in [0.25, 0.3) is 0 Å². The number of rotatable bonds is 9. The first-order chi connectivity index (χ1) is 11.2. The summed E-state index contributed by atoms with van der Waals surface area (Å²) in [7, 11) is 0. The zero-order chi connectivity index (χ0) is 16.5. The van der Waals surface area contributed by atoms with Gasteiger partial charge >= 0.3 is 0 Å². The summed E-state index contributed by atoms with van der Waals surface area (Å²) in [5, 5.41) is 0. The molecule has 0 saturated carbocycles. The van der Waals surface area contributed by atoms with Gasteiger partial charge in [-0.3, -0.25) is 0 Å². The molecule has 0 spiro atoms. The summed E-state index contributed by atoms with van der Waals surface area (Å²) in [5.74, 6) is 1.48. The van der Waals surface area contributed by atoms with Crippen molar-refractivity contribution in [2.24, 2.45) is 0 Å². The number of benzene rings is 2. The molecule has 0 amide bonds. The van der Waals surface area contributed by atoms with Crippen LogP contribution in [0.5, 0.6) is 5.75 Å². The summed E-state index contributed by atoms with van der Waals surface area (Å²) >= 11 is 0. The number of nitrogens with zero attached hydrogens (tertiary/aromatic N) is 1. The second kappa shape index (κ2) is 9.36. The Morgan fingerprint density at radius 1 is 0.913 bits per heavy atom. The summed E-state index contributed by atoms with van der Waals surface area (Å²) in [4.78, 5) is 2.37. The Balaban J connectivity index is 1.84. The molecule has 0 heterocycles. The highest BCUT2D eigenvalue weighted by atomic mass is 16.5. The van der Waals surface area contributed by atoms with Gasteiger partial charge in [0.15, 0.2) is 0 Å². The van der Waals surface area contributed by atoms with E-state index in [9.17, 15) is 0 Å². The fourth-order valence-corrected chi connectivity index (χ4v) is 2.81. The van der Waals surface area contributed by atoms with Crippen LogP contribution in [0.1, 0.15) is 37.8 Å². The molecule has 0 radical (unpaired) electrons. The van der Waals surface area contributed by atoms with Crippen LogP contribution in [0.2, 0.25) is 0 Å². The van der Waals surface area contributed by atoms with Crippen molar-refractivity contribution < 1.29 is 4.74 Å². The highest BCUT2D eigenvalue weighted by molar-refractivity contribution is 5.30. The van der Waals surface area contributed by atoms with Crippen molar-refractivity contribution in [1.82, 2.24) is 4.90 Å². The second-order valence-corrected chi connectivity index (χ2v) is 6.04. The van der Waals surface area contributed by atoms with Crippen LogP contribution in [-0.4, -0.2) is 31.1 Å². The van der Waals surface area contributed by atoms with Crippen LogP contribution in [0.3, 0.4) is 0 Å². The van der Waals surface area contributed by atoms with E-state index in [1.165, 1.54) is 11.1 Å². The minimum Gasteiger partial charge on any atom is -0.492 e. The molecule has 0 fully saturated rings. The molecule has 0 saturated heterocycles. The third kappa shape index (κ3) is 5.72. The molecule has 23 heavy (non-hydrogen) atoms. The van der Waals surface area contributed by atoms with Gasteiger partial charge in [0.05, 0.1) is 0 Å². The summed E-state index contributed by atoms with van der Waals surface area (Å²) in [5.41, 5.74) is 2.75. The normalized spacial score (nSPS) is 12.3. The third-order valence-electron chi connectivity index (χ3n) is 4.40. The topological polar surface area (TPSA) is 12.5 Å². The molecular weight excluding hydrogens is 282 g/mol. The van der Waals surface area contributed by atoms with Crippen LogP contribution < -0.4 is 4.74 Å². The van der Waals surface area contributed by atoms with Crippen molar-refractivity contribution in [3.05, 3.63) is 65.7 Å². The van der Waals surface area contributed by atoms with E-state index < -0.39 is 0 Å². The average molecular weight is 311 g/mol. The molecule has 2 aromatic carbocycles. The maximum Gasteiger partial charge on any atom is 0.119 e. The summed E-state index contributed by atoms with van der Waals surface area (Å²) in [6.07, 6.45) is 1.07. The van der Waals surface area contributed by atoms with Crippen LogP contribution in [0.4, 0.5) is 0 Å². The Labute approximate surface area is 141 Å². The lowest BCUT2D eigenvalue weighted by atomic mass is 9.94. The first-order valence-electron chi connectivity index (χ1n) is 8.72. The molecule has 2 heteroatoms. The average Bonchev–Trinajstić information content (AvgIpc) is 2.60. The van der Waals surface area contributed by atoms with Gasteiger partial charge in [0, 0.05) is 6.54 Å². The maximum atomic E-state index is 5.85. The lowest BCUT2D eigenvalue weighted by molar-refractivity contribution is 0.223. The van der Waals surface area contributed by atoms with E-state index in [1.807, 2.05) is 0 Å². The van der Waals surface area contributed by atoms with E-state index in [2.05, 4.69) is 80.3 Å². The number of likely N-dealkylation sites (N-methyl/N-ethyl adjacent to an activating group) is 1. The van der Waals surface area contributed by atoms with Gasteiger partial charge in [-0.1, -0.05) is 63.2 Å². The number of hydrogen-bond acceptors (Lipinski definition) is 2. The molecule has 0 bridgehead atoms. The standard InChI is InChI=1S/C21H29NO/c1-4-22(5-2)15-16-23-21-13-11-20(12-14-21)18(3)17-19-9-7-6-8-10-19/h6-14,18H,4-5,15-17H2,1-3H3. The Kier molecular flexibility index (Phi) is 7.15. The minimum absolute atomic E-state index is 0.516. The van der Waals surface area contributed by atoms with E-state index in [4.69, 9.17) is 4.74 Å². The van der Waals surface area contributed by atoms with Crippen molar-refractivity contribution in [1.29, 1.82) is 0 Å². The molecule has 2 aromatic rings. The van der Waals surface area contributed by atoms with Crippen molar-refractivity contribution in [3.63, 3.8) is 0 Å². The Hall–Kier alpha value is -1.80. The van der Waals surface area contributed by atoms with Gasteiger partial charge in [0.1, 0.15) is 12.4 Å². The molecule has 2 nitrogen and oxygen atoms in total. The van der Waals surface area contributed by atoms with Crippen LogP contribution in [0.15, 0.2) is 54.6 Å². The summed E-state index contributed by atoms with van der Waals surface area (Å²) in [6.45, 7) is 10.5. The molecule has 2 rings (SSSR count). The van der Waals surface area contributed by atoms with Gasteiger partial charge in [-0.05, 0) is 48.7 Å². The van der Waals surface area contributed by atoms with Gasteiger partial charge in [-0.25, -0.2) is 0 Å². The smallest absolute Gasteiger partial charge is 0.119 e. The zero-order valence-corrected chi connectivity index (χ0v) is 14.7. The van der Waals surface area contributed by atoms with E-state index in [-0.39, 0.29) is 0 Å². The van der Waals surface area contributed by atoms with E-state index in [1.54, 1.807) is 0 Å². The van der Waals surface area contributed by atoms with Crippen LogP contribution >= 0.6 is 0 Å². The monoisotopic (exact) mass is 311 g/mol. The van der Waals surface area contributed by atoms with E-state index in [0.29, 0.717) is 5.92 Å². The molecule has 0 N–H and O–H groups in total. The first-order valence-corrected chi connectivity index (χ1v) is 8.72. The summed E-state index contributed by atoms with van der Waals surface area (Å²) < 4.78 is 5.85. The predicted octanol–water partition coefficient (Wildman–Crippen LogP) is 4.75. The number of ether oxygens (including phenoxy) is 1. The molecule has 1 unspecified atom stereocenters. The van der Waals surface area contributed by atoms with Crippen LogP contribution in [-0.2, 0) is 6.42 Å². The van der Waals surface area contributed by atoms with Crippen molar-refractivity contribution in [2.75, 3.05) is 26.2 Å². The highest BCUT2D eigenvalue weighted by Gasteiger charge is 2.07. The Bertz CT molecular complexity index is 546. The van der Waals surface area contributed by atoms with Crippen molar-refractivity contribution in [2.45, 2.75) is 33.1 Å². The quantitative estimate of drug-likeness (QED) is 0.662. The number of hydrogen-bond donors (Lipinski definition) is 0. The SMILES string of the molecule is CCN(CC)CCOc1ccc(C(C)Cc2ccccc2)cc1. The van der Waals surface area contributed by atoms with Gasteiger partial charge < -0.3 is 9.64 Å². The van der Waals surface area contributed by atoms with E-state index in [0.717, 1.165) is 38.4 Å². The van der Waals surface area contributed by atoms with Crippen molar-refractivity contribution in [3.8, 4) is 5.75 Å². The second-order valence-electron chi connectivity index (χ2n) is 6.04. The molecule has 0 aliphatic rings. The molecule has 0 aromatic heterocycles. The largest absolute Gasteiger partial charge is 0.492 e. The van der Waals surface area contributed by atoms with Gasteiger partial charge in [-0.15, -0.1) is 0 Å². The third-order valence-corrected chi connectivity index (χ3v) is 4.40. The molecule has 0 aliphatic carbocycles. The van der Waals surface area contributed by atoms with Gasteiger partial charge in [0.2, 0.25) is 0 Å². The predicted molar refractivity (Wildman–Crippen MR) is 98.3 cm³/mol. The molecule has 0 aliphatic heterocycles. The minimum atomic E-state index is 0.516. The summed E-state index contributed by atoms with van der Waals surface area (Å²) in [6, 6.07) is 19.3. The van der Waals surface area contributed by atoms with Crippen LogP contribution in [0.25, 0.3) is 0 Å². The van der Waals surface area contributed by atoms with Crippen molar-refractivity contribution >= 4 is 0 Å². The fourth-order valence-electron chi connectivity index (χ4n) is 2.81. The molecule has 124 valence electrons. The van der Waals surface area contributed by atoms with E-state index >= 15 is 0 Å². The molecule has 1 atom stereocenters. The Morgan fingerprint density at radius 3 is 2.17 bits per heavy atom. The lowest BCUT2D eigenvalue weighted by Gasteiger charge is -2.18. The lowest BCUT2D eigenvalue weighted by Crippen LogP contribution is -2.27. The fraction of sp³-hybridized carbons (Fsp3) is 0.429.